The van der Waals surface area contributed by atoms with Crippen LogP contribution in [0.25, 0.3) is 0 Å². The van der Waals surface area contributed by atoms with Crippen molar-refractivity contribution in [2.45, 2.75) is 32.1 Å². The molecule has 4 rings (SSSR count). The summed E-state index contributed by atoms with van der Waals surface area (Å²) >= 11 is 1.36. The summed E-state index contributed by atoms with van der Waals surface area (Å²) < 4.78 is 0. The molecule has 0 radical (unpaired) electrons. The molecule has 1 aliphatic carbocycles. The van der Waals surface area contributed by atoms with E-state index < -0.39 is 30.2 Å². The van der Waals surface area contributed by atoms with E-state index in [1.807, 2.05) is 0 Å². The number of nitrogens with one attached hydrogen (secondary N) is 1. The number of hydrogen-bond donors (Lipinski definition) is 2. The third-order valence-electron chi connectivity index (χ3n) is 5.10. The minimum Gasteiger partial charge on any atom is -0.365 e. The summed E-state index contributed by atoms with van der Waals surface area (Å²) in [7, 11) is 0. The molecule has 0 spiro atoms. The lowest BCUT2D eigenvalue weighted by Crippen LogP contribution is -2.37. The van der Waals surface area contributed by atoms with Gasteiger partial charge in [0.05, 0.1) is 16.7 Å². The molecule has 2 aliphatic rings. The number of thiophene rings is 1. The van der Waals surface area contributed by atoms with Gasteiger partial charge >= 0.3 is 0 Å². The number of anilines is 1. The maximum absolute atomic E-state index is 12.6. The SMILES string of the molecule is NC(=O)c1c(NC(=O)CN2C(=O)c3ccccc3C2=O)sc2c1CCCCC2. The molecule has 4 amide bonds. The monoisotopic (exact) mass is 397 g/mol. The summed E-state index contributed by atoms with van der Waals surface area (Å²) in [6.45, 7) is -0.410. The molecule has 2 aromatic rings. The zero-order valence-corrected chi connectivity index (χ0v) is 15.9. The number of aryl methyl sites for hydroxylation is 1. The van der Waals surface area contributed by atoms with Gasteiger partial charge in [0.25, 0.3) is 17.7 Å². The van der Waals surface area contributed by atoms with Crippen LogP contribution in [0.1, 0.15) is 60.8 Å². The second-order valence-corrected chi connectivity index (χ2v) is 8.03. The molecule has 0 unspecified atom stereocenters. The van der Waals surface area contributed by atoms with Crippen LogP contribution in [0.5, 0.6) is 0 Å². The van der Waals surface area contributed by atoms with Gasteiger partial charge in [-0.1, -0.05) is 18.6 Å². The first-order chi connectivity index (χ1) is 13.5. The summed E-state index contributed by atoms with van der Waals surface area (Å²) in [5.41, 5.74) is 7.44. The smallest absolute Gasteiger partial charge is 0.262 e. The zero-order chi connectivity index (χ0) is 19.8. The van der Waals surface area contributed by atoms with Crippen LogP contribution in [0, 0.1) is 0 Å². The standard InChI is InChI=1S/C20H19N3O4S/c21-17(25)16-13-8-2-1-3-9-14(13)28-18(16)22-15(24)10-23-19(26)11-6-4-5-7-12(11)20(23)27/h4-7H,1-3,8-10H2,(H2,21,25)(H,22,24). The number of carbonyl (C=O) groups is 4. The number of primary amides is 1. The number of amides is 4. The topological polar surface area (TPSA) is 110 Å². The van der Waals surface area contributed by atoms with Gasteiger partial charge in [0.2, 0.25) is 5.91 Å². The first-order valence-electron chi connectivity index (χ1n) is 9.16. The average Bonchev–Trinajstić information content (AvgIpc) is 3.00. The predicted octanol–water partition coefficient (Wildman–Crippen LogP) is 2.35. The Balaban J connectivity index is 1.55. The molecular formula is C20H19N3O4S. The van der Waals surface area contributed by atoms with Crippen molar-refractivity contribution < 1.29 is 19.2 Å². The molecule has 0 fully saturated rings. The Morgan fingerprint density at radius 2 is 1.68 bits per heavy atom. The van der Waals surface area contributed by atoms with Gasteiger partial charge in [0.1, 0.15) is 11.5 Å². The molecule has 144 valence electrons. The number of benzene rings is 1. The Labute approximate surface area is 165 Å². The number of nitrogens with zero attached hydrogens (tertiary/aromatic N) is 1. The van der Waals surface area contributed by atoms with Crippen molar-refractivity contribution in [1.82, 2.24) is 4.90 Å². The van der Waals surface area contributed by atoms with E-state index in [-0.39, 0.29) is 0 Å². The van der Waals surface area contributed by atoms with Crippen molar-refractivity contribution in [2.75, 3.05) is 11.9 Å². The van der Waals surface area contributed by atoms with Crippen molar-refractivity contribution in [3.8, 4) is 0 Å². The van der Waals surface area contributed by atoms with Gasteiger partial charge in [-0.3, -0.25) is 24.1 Å². The van der Waals surface area contributed by atoms with Crippen LogP contribution in [0.3, 0.4) is 0 Å². The van der Waals surface area contributed by atoms with Crippen LogP contribution in [0.2, 0.25) is 0 Å². The molecule has 2 heterocycles. The largest absolute Gasteiger partial charge is 0.365 e. The van der Waals surface area contributed by atoms with Crippen LogP contribution in [0.4, 0.5) is 5.00 Å². The van der Waals surface area contributed by atoms with Crippen molar-refractivity contribution in [2.24, 2.45) is 5.73 Å². The lowest BCUT2D eigenvalue weighted by atomic mass is 10.1. The van der Waals surface area contributed by atoms with Gasteiger partial charge < -0.3 is 11.1 Å². The second-order valence-electron chi connectivity index (χ2n) is 6.92. The highest BCUT2D eigenvalue weighted by Gasteiger charge is 2.36. The third-order valence-corrected chi connectivity index (χ3v) is 6.31. The lowest BCUT2D eigenvalue weighted by molar-refractivity contribution is -0.116. The fourth-order valence-electron chi connectivity index (χ4n) is 3.78. The zero-order valence-electron chi connectivity index (χ0n) is 15.1. The molecule has 0 atom stereocenters. The van der Waals surface area contributed by atoms with E-state index in [2.05, 4.69) is 5.32 Å². The fourth-order valence-corrected chi connectivity index (χ4v) is 5.09. The Hall–Kier alpha value is -3.00. The van der Waals surface area contributed by atoms with Crippen LogP contribution in [0.15, 0.2) is 24.3 Å². The first kappa shape index (κ1) is 18.4. The molecule has 1 aliphatic heterocycles. The number of carbonyl (C=O) groups excluding carboxylic acids is 4. The van der Waals surface area contributed by atoms with E-state index in [1.54, 1.807) is 24.3 Å². The maximum atomic E-state index is 12.6. The summed E-state index contributed by atoms with van der Waals surface area (Å²) in [4.78, 5) is 51.4. The number of nitrogens with two attached hydrogens (primary N) is 1. The molecule has 0 saturated carbocycles. The number of rotatable bonds is 4. The van der Waals surface area contributed by atoms with Crippen molar-refractivity contribution in [1.29, 1.82) is 0 Å². The summed E-state index contributed by atoms with van der Waals surface area (Å²) in [5.74, 6) is -2.09. The molecule has 8 heteroatoms. The van der Waals surface area contributed by atoms with Crippen LogP contribution >= 0.6 is 11.3 Å². The van der Waals surface area contributed by atoms with Gasteiger partial charge in [-0.15, -0.1) is 11.3 Å². The quantitative estimate of drug-likeness (QED) is 0.609. The first-order valence-corrected chi connectivity index (χ1v) is 9.98. The minimum atomic E-state index is -0.574. The maximum Gasteiger partial charge on any atom is 0.262 e. The molecule has 28 heavy (non-hydrogen) atoms. The third kappa shape index (κ3) is 3.09. The minimum absolute atomic E-state index is 0.293. The molecular weight excluding hydrogens is 378 g/mol. The van der Waals surface area contributed by atoms with Gasteiger partial charge in [-0.2, -0.15) is 0 Å². The van der Waals surface area contributed by atoms with Gasteiger partial charge in [-0.05, 0) is 43.4 Å². The second kappa shape index (κ2) is 7.20. The van der Waals surface area contributed by atoms with E-state index >= 15 is 0 Å². The van der Waals surface area contributed by atoms with Crippen LogP contribution in [-0.4, -0.2) is 35.1 Å². The van der Waals surface area contributed by atoms with Crippen molar-refractivity contribution >= 4 is 40.0 Å². The molecule has 7 nitrogen and oxygen atoms in total. The van der Waals surface area contributed by atoms with Crippen molar-refractivity contribution in [3.63, 3.8) is 0 Å². The average molecular weight is 397 g/mol. The number of hydrogen-bond acceptors (Lipinski definition) is 5. The Kier molecular flexibility index (Phi) is 4.72. The lowest BCUT2D eigenvalue weighted by Gasteiger charge is -2.13. The van der Waals surface area contributed by atoms with Gasteiger partial charge in [-0.25, -0.2) is 0 Å². The molecule has 0 saturated heterocycles. The predicted molar refractivity (Wildman–Crippen MR) is 105 cm³/mol. The highest BCUT2D eigenvalue weighted by Crippen LogP contribution is 2.37. The highest BCUT2D eigenvalue weighted by atomic mass is 32.1. The van der Waals surface area contributed by atoms with Gasteiger partial charge in [0, 0.05) is 4.88 Å². The Morgan fingerprint density at radius 3 is 2.32 bits per heavy atom. The molecule has 1 aromatic heterocycles. The summed E-state index contributed by atoms with van der Waals surface area (Å²) in [6.07, 6.45) is 4.73. The van der Waals surface area contributed by atoms with E-state index in [9.17, 15) is 19.2 Å². The van der Waals surface area contributed by atoms with E-state index in [0.717, 1.165) is 47.4 Å². The Bertz CT molecular complexity index is 976. The number of fused-ring (bicyclic) bond motifs is 2. The molecule has 1 aromatic carbocycles. The fraction of sp³-hybridized carbons (Fsp3) is 0.300. The molecule has 3 N–H and O–H groups in total. The summed E-state index contributed by atoms with van der Waals surface area (Å²) in [6, 6.07) is 6.47. The van der Waals surface area contributed by atoms with E-state index in [1.165, 1.54) is 11.3 Å². The van der Waals surface area contributed by atoms with E-state index in [0.29, 0.717) is 21.7 Å². The summed E-state index contributed by atoms with van der Waals surface area (Å²) in [5, 5.41) is 3.10. The van der Waals surface area contributed by atoms with Gasteiger partial charge in [0.15, 0.2) is 0 Å². The van der Waals surface area contributed by atoms with Crippen molar-refractivity contribution in [3.05, 3.63) is 51.4 Å². The highest BCUT2D eigenvalue weighted by molar-refractivity contribution is 7.17. The van der Waals surface area contributed by atoms with Crippen LogP contribution < -0.4 is 11.1 Å². The Morgan fingerprint density at radius 1 is 1.04 bits per heavy atom. The molecule has 0 bridgehead atoms. The number of imide groups is 1. The normalized spacial score (nSPS) is 15.8. The van der Waals surface area contributed by atoms with E-state index in [4.69, 9.17) is 5.73 Å². The van der Waals surface area contributed by atoms with Crippen LogP contribution in [-0.2, 0) is 17.6 Å².